The molecule has 0 aromatic heterocycles. The Labute approximate surface area is 164 Å². The van der Waals surface area contributed by atoms with Crippen molar-refractivity contribution in [2.24, 2.45) is 10.9 Å². The Hall–Kier alpha value is -3.30. The predicted molar refractivity (Wildman–Crippen MR) is 101 cm³/mol. The van der Waals surface area contributed by atoms with Gasteiger partial charge in [0.25, 0.3) is 0 Å². The number of fused-ring (bicyclic) bond motifs is 4. The Morgan fingerprint density at radius 1 is 1.21 bits per heavy atom. The molecule has 1 aliphatic heterocycles. The summed E-state index contributed by atoms with van der Waals surface area (Å²) in [6.45, 7) is 2.94. The van der Waals surface area contributed by atoms with Crippen molar-refractivity contribution < 1.29 is 34.7 Å². The molecule has 9 nitrogen and oxygen atoms in total. The standard InChI is InChI=1S/C20H18N2O7/c1-6(23)28-18-13-11(17(27)19-20(18,2)29-19)10-12(14(13)22-21)16(26)9-7(15(10)25)4-3-5-8(9)24/h3-5,17-19,24-27H,21H2,1-2H3/t17-,18+,19-,20-/m0/s1. The fraction of sp³-hybridized carbons (Fsp3) is 0.300. The van der Waals surface area contributed by atoms with Gasteiger partial charge < -0.3 is 35.7 Å². The van der Waals surface area contributed by atoms with Crippen LogP contribution in [-0.2, 0) is 14.3 Å². The van der Waals surface area contributed by atoms with Crippen molar-refractivity contribution in [2.75, 3.05) is 0 Å². The molecule has 1 saturated heterocycles. The van der Waals surface area contributed by atoms with E-state index in [-0.39, 0.29) is 56.0 Å². The van der Waals surface area contributed by atoms with Crippen molar-refractivity contribution >= 4 is 28.0 Å². The fourth-order valence-corrected chi connectivity index (χ4v) is 4.69. The molecule has 29 heavy (non-hydrogen) atoms. The minimum Gasteiger partial charge on any atom is -0.507 e. The molecule has 3 aliphatic rings. The molecule has 4 atom stereocenters. The third kappa shape index (κ3) is 2.00. The second-order valence-corrected chi connectivity index (χ2v) is 7.61. The summed E-state index contributed by atoms with van der Waals surface area (Å²) in [5, 5.41) is 47.2. The molecule has 5 rings (SSSR count). The number of hydrogen-bond acceptors (Lipinski definition) is 9. The van der Waals surface area contributed by atoms with Crippen LogP contribution in [0.2, 0.25) is 0 Å². The summed E-state index contributed by atoms with van der Waals surface area (Å²) in [4.78, 5) is 11.8. The van der Waals surface area contributed by atoms with Crippen LogP contribution in [0.25, 0.3) is 16.3 Å². The van der Waals surface area contributed by atoms with Gasteiger partial charge in [0, 0.05) is 29.0 Å². The second kappa shape index (κ2) is 5.40. The number of phenols is 3. The number of ether oxygens (including phenoxy) is 2. The number of nitrogens with two attached hydrogens (primary N) is 1. The van der Waals surface area contributed by atoms with Crippen LogP contribution in [0.15, 0.2) is 28.9 Å². The van der Waals surface area contributed by atoms with E-state index in [4.69, 9.17) is 15.3 Å². The molecule has 2 aliphatic carbocycles. The molecule has 0 unspecified atom stereocenters. The van der Waals surface area contributed by atoms with Gasteiger partial charge in [-0.05, 0) is 13.0 Å². The first-order valence-corrected chi connectivity index (χ1v) is 8.98. The lowest BCUT2D eigenvalue weighted by Gasteiger charge is -2.29. The Balaban J connectivity index is 1.88. The summed E-state index contributed by atoms with van der Waals surface area (Å²) in [5.41, 5.74) is -0.259. The van der Waals surface area contributed by atoms with Crippen LogP contribution in [0.4, 0.5) is 0 Å². The third-order valence-corrected chi connectivity index (χ3v) is 5.98. The number of carbonyl (C=O) groups excluding carboxylic acids is 1. The topological polar surface area (TPSA) is 158 Å². The van der Waals surface area contributed by atoms with Gasteiger partial charge in [0.2, 0.25) is 0 Å². The number of aliphatic hydroxyl groups is 1. The number of phenolic OH excluding ortho intramolecular Hbond substituents is 3. The lowest BCUT2D eigenvalue weighted by Crippen LogP contribution is -2.44. The lowest BCUT2D eigenvalue weighted by molar-refractivity contribution is -0.147. The molecule has 2 aromatic rings. The summed E-state index contributed by atoms with van der Waals surface area (Å²) >= 11 is 0. The Kier molecular flexibility index (Phi) is 3.31. The van der Waals surface area contributed by atoms with E-state index >= 15 is 0 Å². The molecule has 0 bridgehead atoms. The first kappa shape index (κ1) is 17.8. The Morgan fingerprint density at radius 2 is 1.93 bits per heavy atom. The van der Waals surface area contributed by atoms with Crippen molar-refractivity contribution in [1.29, 1.82) is 0 Å². The molecule has 0 spiro atoms. The molecule has 1 heterocycles. The summed E-state index contributed by atoms with van der Waals surface area (Å²) in [6.07, 6.45) is -2.79. The SMILES string of the molecule is CC(=O)O[C@@H]1C2=C(c3c(c(O)c4c(O)cccc4c3O)C2=NN)[C@H](O)[C@@H]2O[C@@]12C. The average Bonchev–Trinajstić information content (AvgIpc) is 3.25. The quantitative estimate of drug-likeness (QED) is 0.155. The molecule has 0 saturated carbocycles. The zero-order valence-corrected chi connectivity index (χ0v) is 15.5. The highest BCUT2D eigenvalue weighted by Crippen LogP contribution is 2.60. The van der Waals surface area contributed by atoms with Gasteiger partial charge in [-0.3, -0.25) is 4.79 Å². The lowest BCUT2D eigenvalue weighted by atomic mass is 9.80. The van der Waals surface area contributed by atoms with Gasteiger partial charge in [-0.2, -0.15) is 5.10 Å². The van der Waals surface area contributed by atoms with E-state index in [0.717, 1.165) is 0 Å². The largest absolute Gasteiger partial charge is 0.507 e. The van der Waals surface area contributed by atoms with Gasteiger partial charge in [-0.25, -0.2) is 0 Å². The van der Waals surface area contributed by atoms with Crippen molar-refractivity contribution in [3.05, 3.63) is 34.9 Å². The van der Waals surface area contributed by atoms with Crippen LogP contribution < -0.4 is 5.84 Å². The average molecular weight is 398 g/mol. The van der Waals surface area contributed by atoms with Crippen LogP contribution >= 0.6 is 0 Å². The Morgan fingerprint density at radius 3 is 2.59 bits per heavy atom. The maximum absolute atomic E-state index is 11.8. The third-order valence-electron chi connectivity index (χ3n) is 5.98. The highest BCUT2D eigenvalue weighted by atomic mass is 16.7. The number of aliphatic hydroxyl groups excluding tert-OH is 1. The number of hydrazone groups is 1. The number of hydrogen-bond donors (Lipinski definition) is 5. The number of rotatable bonds is 1. The molecule has 9 heteroatoms. The Bertz CT molecular complexity index is 1190. The van der Waals surface area contributed by atoms with Crippen LogP contribution in [-0.4, -0.2) is 56.0 Å². The van der Waals surface area contributed by atoms with Crippen molar-refractivity contribution in [1.82, 2.24) is 0 Å². The number of nitrogens with zero attached hydrogens (tertiary/aromatic N) is 1. The van der Waals surface area contributed by atoms with Gasteiger partial charge >= 0.3 is 5.97 Å². The minimum absolute atomic E-state index is 0.0240. The molecular weight excluding hydrogens is 380 g/mol. The normalized spacial score (nSPS) is 30.9. The molecule has 2 aromatic carbocycles. The molecule has 1 fully saturated rings. The maximum atomic E-state index is 11.8. The number of benzene rings is 2. The van der Waals surface area contributed by atoms with Crippen molar-refractivity contribution in [3.63, 3.8) is 0 Å². The number of carbonyl (C=O) groups is 1. The maximum Gasteiger partial charge on any atom is 0.303 e. The summed E-state index contributed by atoms with van der Waals surface area (Å²) in [6, 6.07) is 4.42. The van der Waals surface area contributed by atoms with Crippen LogP contribution in [0.1, 0.15) is 25.0 Å². The number of epoxide rings is 1. The van der Waals surface area contributed by atoms with E-state index in [2.05, 4.69) is 5.10 Å². The zero-order valence-electron chi connectivity index (χ0n) is 15.5. The highest BCUT2D eigenvalue weighted by molar-refractivity contribution is 6.29. The summed E-state index contributed by atoms with van der Waals surface area (Å²) in [5.74, 6) is 4.21. The van der Waals surface area contributed by atoms with Gasteiger partial charge in [0.1, 0.15) is 40.8 Å². The molecule has 150 valence electrons. The van der Waals surface area contributed by atoms with Gasteiger partial charge in [-0.1, -0.05) is 12.1 Å². The zero-order chi connectivity index (χ0) is 20.8. The summed E-state index contributed by atoms with van der Waals surface area (Å²) < 4.78 is 11.2. The predicted octanol–water partition coefficient (Wildman–Crippen LogP) is 0.850. The summed E-state index contributed by atoms with van der Waals surface area (Å²) in [7, 11) is 0. The van der Waals surface area contributed by atoms with Crippen molar-refractivity contribution in [2.45, 2.75) is 37.8 Å². The number of aromatic hydroxyl groups is 3. The van der Waals surface area contributed by atoms with E-state index < -0.39 is 29.9 Å². The van der Waals surface area contributed by atoms with Gasteiger partial charge in [0.05, 0.1) is 10.9 Å². The van der Waals surface area contributed by atoms with Crippen LogP contribution in [0, 0.1) is 0 Å². The highest BCUT2D eigenvalue weighted by Gasteiger charge is 2.69. The molecule has 6 N–H and O–H groups in total. The van der Waals surface area contributed by atoms with Crippen LogP contribution in [0.5, 0.6) is 17.2 Å². The first-order chi connectivity index (χ1) is 13.7. The van der Waals surface area contributed by atoms with Gasteiger partial charge in [0.15, 0.2) is 6.10 Å². The fourth-order valence-electron chi connectivity index (χ4n) is 4.69. The molecule has 0 amide bonds. The minimum atomic E-state index is -1.17. The van der Waals surface area contributed by atoms with E-state index in [1.54, 1.807) is 6.92 Å². The molecular formula is C20H18N2O7. The van der Waals surface area contributed by atoms with E-state index in [1.165, 1.54) is 25.1 Å². The monoisotopic (exact) mass is 398 g/mol. The number of esters is 1. The van der Waals surface area contributed by atoms with E-state index in [0.29, 0.717) is 0 Å². The molecule has 0 radical (unpaired) electrons. The van der Waals surface area contributed by atoms with Crippen LogP contribution in [0.3, 0.4) is 0 Å². The van der Waals surface area contributed by atoms with Gasteiger partial charge in [-0.15, -0.1) is 0 Å². The smallest absolute Gasteiger partial charge is 0.303 e. The van der Waals surface area contributed by atoms with E-state index in [9.17, 15) is 25.2 Å². The second-order valence-electron chi connectivity index (χ2n) is 7.61. The van der Waals surface area contributed by atoms with E-state index in [1.807, 2.05) is 0 Å². The van der Waals surface area contributed by atoms with Crippen molar-refractivity contribution in [3.8, 4) is 17.2 Å². The first-order valence-electron chi connectivity index (χ1n) is 8.98.